The Balaban J connectivity index is 1.43. The fourth-order valence-corrected chi connectivity index (χ4v) is 3.56. The molecule has 2 aromatic carbocycles. The number of benzene rings is 2. The largest absolute Gasteiger partial charge is 0.354 e. The van der Waals surface area contributed by atoms with Crippen molar-refractivity contribution in [2.24, 2.45) is 0 Å². The molecule has 1 atom stereocenters. The summed E-state index contributed by atoms with van der Waals surface area (Å²) in [7, 11) is 0. The molecule has 0 aliphatic heterocycles. The monoisotopic (exact) mass is 414 g/mol. The Bertz CT molecular complexity index is 1120. The van der Waals surface area contributed by atoms with Crippen LogP contribution in [0.25, 0.3) is 11.0 Å². The predicted octanol–water partition coefficient (Wildman–Crippen LogP) is 3.35. The first-order valence-electron chi connectivity index (χ1n) is 10.4. The number of rotatable bonds is 8. The number of aromatic amines is 1. The molecule has 0 saturated heterocycles. The van der Waals surface area contributed by atoms with Gasteiger partial charge in [0, 0.05) is 30.8 Å². The maximum absolute atomic E-state index is 13.0. The van der Waals surface area contributed by atoms with Crippen LogP contribution in [0.3, 0.4) is 0 Å². The van der Waals surface area contributed by atoms with E-state index in [-0.39, 0.29) is 5.91 Å². The zero-order valence-corrected chi connectivity index (χ0v) is 17.7. The summed E-state index contributed by atoms with van der Waals surface area (Å²) in [6.45, 7) is 4.32. The van der Waals surface area contributed by atoms with Crippen molar-refractivity contribution in [3.8, 4) is 0 Å². The topological polar surface area (TPSA) is 95.6 Å². The number of aromatic nitrogens is 4. The van der Waals surface area contributed by atoms with Gasteiger partial charge in [-0.2, -0.15) is 0 Å². The molecule has 7 nitrogen and oxygen atoms in total. The molecule has 158 valence electrons. The molecule has 2 heterocycles. The Kier molecular flexibility index (Phi) is 6.21. The van der Waals surface area contributed by atoms with Gasteiger partial charge in [0.15, 0.2) is 0 Å². The van der Waals surface area contributed by atoms with Crippen LogP contribution in [-0.4, -0.2) is 38.4 Å². The fraction of sp³-hybridized carbons (Fsp3) is 0.250. The van der Waals surface area contributed by atoms with Gasteiger partial charge in [-0.05, 0) is 37.6 Å². The number of para-hydroxylation sites is 2. The van der Waals surface area contributed by atoms with Gasteiger partial charge in [0.1, 0.15) is 11.9 Å². The zero-order valence-electron chi connectivity index (χ0n) is 17.7. The van der Waals surface area contributed by atoms with Gasteiger partial charge < -0.3 is 15.6 Å². The van der Waals surface area contributed by atoms with Crippen LogP contribution in [0.5, 0.6) is 0 Å². The normalized spacial score (nSPS) is 11.9. The number of aryl methyl sites for hydroxylation is 2. The molecule has 4 aromatic rings. The second kappa shape index (κ2) is 9.38. The molecule has 0 spiro atoms. The molecular formula is C24H26N6O. The van der Waals surface area contributed by atoms with Crippen LogP contribution in [-0.2, 0) is 17.6 Å². The molecule has 0 saturated carbocycles. The molecule has 0 radical (unpaired) electrons. The van der Waals surface area contributed by atoms with E-state index in [9.17, 15) is 4.79 Å². The van der Waals surface area contributed by atoms with Gasteiger partial charge in [-0.1, -0.05) is 42.5 Å². The Hall–Kier alpha value is -3.74. The van der Waals surface area contributed by atoms with Crippen molar-refractivity contribution in [2.45, 2.75) is 32.7 Å². The van der Waals surface area contributed by atoms with Gasteiger partial charge in [-0.15, -0.1) is 0 Å². The Morgan fingerprint density at radius 3 is 2.42 bits per heavy atom. The molecular weight excluding hydrogens is 388 g/mol. The van der Waals surface area contributed by atoms with Crippen LogP contribution >= 0.6 is 0 Å². The molecule has 31 heavy (non-hydrogen) atoms. The summed E-state index contributed by atoms with van der Waals surface area (Å²) in [6.07, 6.45) is 1.16. The fourth-order valence-electron chi connectivity index (χ4n) is 3.56. The van der Waals surface area contributed by atoms with E-state index in [2.05, 4.69) is 30.6 Å². The minimum absolute atomic E-state index is 0.0947. The summed E-state index contributed by atoms with van der Waals surface area (Å²) in [6, 6.07) is 19.3. The highest BCUT2D eigenvalue weighted by molar-refractivity contribution is 5.84. The first-order valence-corrected chi connectivity index (χ1v) is 10.4. The number of fused-ring (bicyclic) bond motifs is 1. The van der Waals surface area contributed by atoms with Gasteiger partial charge >= 0.3 is 0 Å². The molecule has 1 unspecified atom stereocenters. The van der Waals surface area contributed by atoms with Crippen molar-refractivity contribution in [1.29, 1.82) is 0 Å². The van der Waals surface area contributed by atoms with Gasteiger partial charge in [0.2, 0.25) is 11.9 Å². The van der Waals surface area contributed by atoms with Gasteiger partial charge in [0.25, 0.3) is 0 Å². The minimum Gasteiger partial charge on any atom is -0.354 e. The zero-order chi connectivity index (χ0) is 21.6. The quantitative estimate of drug-likeness (QED) is 0.411. The number of carbonyl (C=O) groups excluding carboxylic acids is 1. The molecule has 7 heteroatoms. The number of carbonyl (C=O) groups is 1. The number of anilines is 1. The van der Waals surface area contributed by atoms with E-state index in [4.69, 9.17) is 0 Å². The van der Waals surface area contributed by atoms with E-state index in [1.165, 1.54) is 0 Å². The molecule has 0 aliphatic carbocycles. The average Bonchev–Trinajstić information content (AvgIpc) is 3.16. The van der Waals surface area contributed by atoms with E-state index >= 15 is 0 Å². The van der Waals surface area contributed by atoms with Crippen LogP contribution in [0.15, 0.2) is 60.7 Å². The van der Waals surface area contributed by atoms with Crippen molar-refractivity contribution in [3.05, 3.63) is 83.4 Å². The molecule has 3 N–H and O–H groups in total. The first kappa shape index (κ1) is 20.5. The maximum atomic E-state index is 13.0. The third-order valence-electron chi connectivity index (χ3n) is 4.98. The Morgan fingerprint density at radius 2 is 1.68 bits per heavy atom. The minimum atomic E-state index is -0.487. The number of nitrogens with zero attached hydrogens (tertiary/aromatic N) is 3. The second-order valence-electron chi connectivity index (χ2n) is 7.60. The van der Waals surface area contributed by atoms with E-state index in [1.54, 1.807) is 0 Å². The van der Waals surface area contributed by atoms with E-state index < -0.39 is 6.04 Å². The number of hydrogen-bond acceptors (Lipinski definition) is 5. The van der Waals surface area contributed by atoms with E-state index in [0.717, 1.165) is 33.8 Å². The summed E-state index contributed by atoms with van der Waals surface area (Å²) in [4.78, 5) is 29.7. The summed E-state index contributed by atoms with van der Waals surface area (Å²) in [5, 5.41) is 6.25. The van der Waals surface area contributed by atoms with Gasteiger partial charge in [-0.25, -0.2) is 15.0 Å². The van der Waals surface area contributed by atoms with Crippen molar-refractivity contribution < 1.29 is 4.79 Å². The standard InChI is InChI=1S/C24H26N6O/c1-16-14-17(2)27-24(26-16)30-21(15-18-8-4-3-5-9-18)23(31)25-13-12-22-28-19-10-6-7-11-20(19)29-22/h3-11,14,21H,12-13,15H2,1-2H3,(H,25,31)(H,28,29)(H,26,27,30). The molecule has 2 aromatic heterocycles. The lowest BCUT2D eigenvalue weighted by atomic mass is 10.1. The Labute approximate surface area is 181 Å². The van der Waals surface area contributed by atoms with Crippen LogP contribution in [0.4, 0.5) is 5.95 Å². The SMILES string of the molecule is Cc1cc(C)nc(NC(Cc2ccccc2)C(=O)NCCc2nc3ccccc3[nH]2)n1. The third kappa shape index (κ3) is 5.45. The molecule has 4 rings (SSSR count). The van der Waals surface area contributed by atoms with Gasteiger partial charge in [0.05, 0.1) is 11.0 Å². The number of amides is 1. The first-order chi connectivity index (χ1) is 15.1. The number of nitrogens with one attached hydrogen (secondary N) is 3. The number of H-pyrrole nitrogens is 1. The van der Waals surface area contributed by atoms with E-state index in [1.807, 2.05) is 74.5 Å². The maximum Gasteiger partial charge on any atom is 0.242 e. The summed E-state index contributed by atoms with van der Waals surface area (Å²) in [5.74, 6) is 1.22. The summed E-state index contributed by atoms with van der Waals surface area (Å²) in [5.41, 5.74) is 4.72. The average molecular weight is 415 g/mol. The van der Waals surface area contributed by atoms with Crippen molar-refractivity contribution in [2.75, 3.05) is 11.9 Å². The van der Waals surface area contributed by atoms with Crippen molar-refractivity contribution in [1.82, 2.24) is 25.3 Å². The molecule has 0 bridgehead atoms. The molecule has 0 fully saturated rings. The second-order valence-corrected chi connectivity index (χ2v) is 7.60. The summed E-state index contributed by atoms with van der Waals surface area (Å²) >= 11 is 0. The third-order valence-corrected chi connectivity index (χ3v) is 4.98. The molecule has 1 amide bonds. The lowest BCUT2D eigenvalue weighted by Crippen LogP contribution is -2.42. The van der Waals surface area contributed by atoms with Gasteiger partial charge in [-0.3, -0.25) is 4.79 Å². The summed E-state index contributed by atoms with van der Waals surface area (Å²) < 4.78 is 0. The smallest absolute Gasteiger partial charge is 0.242 e. The predicted molar refractivity (Wildman–Crippen MR) is 122 cm³/mol. The number of imidazole rings is 1. The highest BCUT2D eigenvalue weighted by atomic mass is 16.2. The van der Waals surface area contributed by atoms with Crippen LogP contribution in [0, 0.1) is 13.8 Å². The van der Waals surface area contributed by atoms with Crippen LogP contribution < -0.4 is 10.6 Å². The Morgan fingerprint density at radius 1 is 0.968 bits per heavy atom. The lowest BCUT2D eigenvalue weighted by molar-refractivity contribution is -0.121. The highest BCUT2D eigenvalue weighted by Crippen LogP contribution is 2.12. The lowest BCUT2D eigenvalue weighted by Gasteiger charge is -2.19. The molecule has 0 aliphatic rings. The van der Waals surface area contributed by atoms with Crippen LogP contribution in [0.2, 0.25) is 0 Å². The van der Waals surface area contributed by atoms with Crippen molar-refractivity contribution >= 4 is 22.9 Å². The van der Waals surface area contributed by atoms with Crippen molar-refractivity contribution in [3.63, 3.8) is 0 Å². The van der Waals surface area contributed by atoms with E-state index in [0.29, 0.717) is 25.3 Å². The number of hydrogen-bond donors (Lipinski definition) is 3. The van der Waals surface area contributed by atoms with Crippen LogP contribution in [0.1, 0.15) is 22.8 Å². The highest BCUT2D eigenvalue weighted by Gasteiger charge is 2.20.